The molecule has 1 aliphatic carbocycles. The predicted molar refractivity (Wildman–Crippen MR) is 117 cm³/mol. The lowest BCUT2D eigenvalue weighted by atomic mass is 9.76. The van der Waals surface area contributed by atoms with E-state index in [9.17, 15) is 4.79 Å². The highest BCUT2D eigenvalue weighted by Crippen LogP contribution is 2.41. The highest BCUT2D eigenvalue weighted by Gasteiger charge is 2.35. The third-order valence-corrected chi connectivity index (χ3v) is 5.97. The number of carbonyl (C=O) groups excluding carboxylic acids is 1. The summed E-state index contributed by atoms with van der Waals surface area (Å²) in [5.41, 5.74) is 10.9. The van der Waals surface area contributed by atoms with Crippen molar-refractivity contribution in [1.82, 2.24) is 4.90 Å². The lowest BCUT2D eigenvalue weighted by Crippen LogP contribution is -2.43. The molecule has 148 valence electrons. The number of nitrogens with zero attached hydrogens (tertiary/aromatic N) is 1. The summed E-state index contributed by atoms with van der Waals surface area (Å²) in [6, 6.07) is 29.4. The summed E-state index contributed by atoms with van der Waals surface area (Å²) >= 11 is 0. The maximum absolute atomic E-state index is 13.0. The van der Waals surface area contributed by atoms with E-state index in [4.69, 9.17) is 5.73 Å². The fourth-order valence-corrected chi connectivity index (χ4v) is 4.60. The third kappa shape index (κ3) is 4.41. The van der Waals surface area contributed by atoms with Crippen molar-refractivity contribution in [2.75, 3.05) is 6.54 Å². The molecule has 0 unspecified atom stereocenters. The average molecular weight is 385 g/mol. The first-order chi connectivity index (χ1) is 14.3. The Bertz CT molecular complexity index is 939. The van der Waals surface area contributed by atoms with Gasteiger partial charge in [-0.3, -0.25) is 4.79 Å². The fraction of sp³-hybridized carbons (Fsp3) is 0.269. The zero-order valence-corrected chi connectivity index (χ0v) is 16.7. The van der Waals surface area contributed by atoms with Gasteiger partial charge in [0.25, 0.3) is 0 Å². The molecule has 3 heteroatoms. The number of hydrogen-bond acceptors (Lipinski definition) is 2. The molecular weight excluding hydrogens is 356 g/mol. The maximum Gasteiger partial charge on any atom is 0.237 e. The van der Waals surface area contributed by atoms with E-state index in [0.717, 1.165) is 24.8 Å². The lowest BCUT2D eigenvalue weighted by Gasteiger charge is -2.41. The zero-order chi connectivity index (χ0) is 20.1. The number of aryl methyl sites for hydroxylation is 1. The van der Waals surface area contributed by atoms with Gasteiger partial charge in [0.05, 0.1) is 12.6 Å². The van der Waals surface area contributed by atoms with Crippen LogP contribution >= 0.6 is 0 Å². The van der Waals surface area contributed by atoms with Crippen molar-refractivity contribution < 1.29 is 4.79 Å². The van der Waals surface area contributed by atoms with Gasteiger partial charge in [-0.1, -0.05) is 84.9 Å². The van der Waals surface area contributed by atoms with E-state index in [0.29, 0.717) is 12.5 Å². The van der Waals surface area contributed by atoms with Gasteiger partial charge >= 0.3 is 0 Å². The van der Waals surface area contributed by atoms with Crippen molar-refractivity contribution >= 4 is 5.91 Å². The molecule has 3 nitrogen and oxygen atoms in total. The van der Waals surface area contributed by atoms with Crippen molar-refractivity contribution in [2.45, 2.75) is 31.8 Å². The van der Waals surface area contributed by atoms with Crippen LogP contribution in [0.3, 0.4) is 0 Å². The number of benzene rings is 3. The van der Waals surface area contributed by atoms with Crippen molar-refractivity contribution in [2.24, 2.45) is 11.7 Å². The van der Waals surface area contributed by atoms with Crippen LogP contribution in [0, 0.1) is 5.92 Å². The second kappa shape index (κ2) is 9.06. The number of fused-ring (bicyclic) bond motifs is 1. The van der Waals surface area contributed by atoms with Crippen molar-refractivity contribution in [3.63, 3.8) is 0 Å². The highest BCUT2D eigenvalue weighted by molar-refractivity contribution is 5.78. The van der Waals surface area contributed by atoms with Gasteiger partial charge in [0, 0.05) is 6.54 Å². The molecule has 0 radical (unpaired) electrons. The fourth-order valence-electron chi connectivity index (χ4n) is 4.60. The third-order valence-electron chi connectivity index (χ3n) is 5.97. The van der Waals surface area contributed by atoms with Crippen LogP contribution in [-0.2, 0) is 24.2 Å². The van der Waals surface area contributed by atoms with Crippen LogP contribution in [0.1, 0.15) is 34.7 Å². The lowest BCUT2D eigenvalue weighted by molar-refractivity contribution is -0.134. The Balaban J connectivity index is 1.73. The first kappa shape index (κ1) is 19.4. The first-order valence-electron chi connectivity index (χ1n) is 10.4. The molecule has 1 amide bonds. The van der Waals surface area contributed by atoms with Gasteiger partial charge in [0.15, 0.2) is 0 Å². The minimum atomic E-state index is 0.00798. The SMILES string of the molecule is NCC(=O)N(Cc1ccccc1)[C@@H]1c2ccccc2CC[C@H]1Cc1ccccc1. The molecule has 0 aliphatic heterocycles. The van der Waals surface area contributed by atoms with Gasteiger partial charge in [-0.2, -0.15) is 0 Å². The molecular formula is C26H28N2O. The molecule has 0 fully saturated rings. The second-order valence-corrected chi connectivity index (χ2v) is 7.84. The summed E-state index contributed by atoms with van der Waals surface area (Å²) in [6.07, 6.45) is 3.09. The number of hydrogen-bond donors (Lipinski definition) is 1. The molecule has 0 saturated heterocycles. The number of nitrogens with two attached hydrogens (primary N) is 1. The zero-order valence-electron chi connectivity index (χ0n) is 16.7. The molecule has 3 aromatic carbocycles. The summed E-state index contributed by atoms with van der Waals surface area (Å²) in [6.45, 7) is 0.616. The largest absolute Gasteiger partial charge is 0.330 e. The Hall–Kier alpha value is -2.91. The topological polar surface area (TPSA) is 46.3 Å². The van der Waals surface area contributed by atoms with Crippen molar-refractivity contribution in [3.8, 4) is 0 Å². The van der Waals surface area contributed by atoms with E-state index in [2.05, 4.69) is 66.7 Å². The van der Waals surface area contributed by atoms with Crippen LogP contribution in [0.15, 0.2) is 84.9 Å². The summed E-state index contributed by atoms with van der Waals surface area (Å²) < 4.78 is 0. The van der Waals surface area contributed by atoms with E-state index >= 15 is 0 Å². The molecule has 0 spiro atoms. The van der Waals surface area contributed by atoms with Crippen LogP contribution in [0.2, 0.25) is 0 Å². The molecule has 0 aromatic heterocycles. The normalized spacial score (nSPS) is 18.1. The van der Waals surface area contributed by atoms with E-state index in [1.807, 2.05) is 23.1 Å². The number of carbonyl (C=O) groups is 1. The average Bonchev–Trinajstić information content (AvgIpc) is 2.78. The summed E-state index contributed by atoms with van der Waals surface area (Å²) in [5.74, 6) is 0.375. The molecule has 3 aromatic rings. The smallest absolute Gasteiger partial charge is 0.237 e. The molecule has 0 bridgehead atoms. The van der Waals surface area contributed by atoms with Gasteiger partial charge < -0.3 is 10.6 Å². The van der Waals surface area contributed by atoms with E-state index in [-0.39, 0.29) is 18.5 Å². The standard InChI is InChI=1S/C26H28N2O/c27-18-25(29)28(19-21-11-5-2-6-12-21)26-23(17-20-9-3-1-4-10-20)16-15-22-13-7-8-14-24(22)26/h1-14,23,26H,15-19,27H2/t23-,26-/m0/s1. The summed E-state index contributed by atoms with van der Waals surface area (Å²) in [5, 5.41) is 0. The number of amides is 1. The Morgan fingerprint density at radius 1 is 0.862 bits per heavy atom. The first-order valence-corrected chi connectivity index (χ1v) is 10.4. The molecule has 1 aliphatic rings. The van der Waals surface area contributed by atoms with E-state index < -0.39 is 0 Å². The van der Waals surface area contributed by atoms with Crippen LogP contribution < -0.4 is 5.73 Å². The van der Waals surface area contributed by atoms with E-state index in [1.54, 1.807) is 0 Å². The molecule has 2 N–H and O–H groups in total. The van der Waals surface area contributed by atoms with Crippen LogP contribution in [-0.4, -0.2) is 17.4 Å². The minimum absolute atomic E-state index is 0.00798. The predicted octanol–water partition coefficient (Wildman–Crippen LogP) is 4.52. The summed E-state index contributed by atoms with van der Waals surface area (Å²) in [7, 11) is 0. The van der Waals surface area contributed by atoms with Crippen molar-refractivity contribution in [1.29, 1.82) is 0 Å². The maximum atomic E-state index is 13.0. The quantitative estimate of drug-likeness (QED) is 0.679. The molecule has 0 saturated carbocycles. The molecule has 4 rings (SSSR count). The Kier molecular flexibility index (Phi) is 6.06. The van der Waals surface area contributed by atoms with Crippen LogP contribution in [0.4, 0.5) is 0 Å². The van der Waals surface area contributed by atoms with Gasteiger partial charge in [-0.05, 0) is 47.4 Å². The van der Waals surface area contributed by atoms with Gasteiger partial charge in [-0.25, -0.2) is 0 Å². The van der Waals surface area contributed by atoms with Gasteiger partial charge in [0.2, 0.25) is 5.91 Å². The summed E-state index contributed by atoms with van der Waals surface area (Å²) in [4.78, 5) is 15.0. The van der Waals surface area contributed by atoms with Crippen LogP contribution in [0.5, 0.6) is 0 Å². The minimum Gasteiger partial charge on any atom is -0.330 e. The molecule has 2 atom stereocenters. The Labute approximate surface area is 173 Å². The Morgan fingerprint density at radius 3 is 2.17 bits per heavy atom. The molecule has 29 heavy (non-hydrogen) atoms. The number of rotatable bonds is 6. The van der Waals surface area contributed by atoms with Crippen LogP contribution in [0.25, 0.3) is 0 Å². The highest BCUT2D eigenvalue weighted by atomic mass is 16.2. The van der Waals surface area contributed by atoms with Crippen molar-refractivity contribution in [3.05, 3.63) is 107 Å². The molecule has 0 heterocycles. The van der Waals surface area contributed by atoms with Gasteiger partial charge in [-0.15, -0.1) is 0 Å². The van der Waals surface area contributed by atoms with E-state index in [1.165, 1.54) is 16.7 Å². The second-order valence-electron chi connectivity index (χ2n) is 7.84. The Morgan fingerprint density at radius 2 is 1.48 bits per heavy atom. The monoisotopic (exact) mass is 384 g/mol. The van der Waals surface area contributed by atoms with Gasteiger partial charge in [0.1, 0.15) is 0 Å².